The molecule has 2 aromatic carbocycles. The lowest BCUT2D eigenvalue weighted by Crippen LogP contribution is -2.39. The highest BCUT2D eigenvalue weighted by Crippen LogP contribution is 2.20. The lowest BCUT2D eigenvalue weighted by molar-refractivity contribution is 0.0683. The molecule has 2 aromatic rings. The molecule has 0 bridgehead atoms. The molecule has 0 spiro atoms. The van der Waals surface area contributed by atoms with Gasteiger partial charge in [-0.3, -0.25) is 9.59 Å². The molecule has 1 aliphatic heterocycles. The fraction of sp³-hybridized carbons (Fsp3) is 0.364. The van der Waals surface area contributed by atoms with Crippen LogP contribution in [0.5, 0.6) is 0 Å². The lowest BCUT2D eigenvalue weighted by atomic mass is 9.99. The van der Waals surface area contributed by atoms with Gasteiger partial charge in [-0.05, 0) is 56.0 Å². The van der Waals surface area contributed by atoms with Crippen molar-refractivity contribution < 1.29 is 9.59 Å². The number of hydrogen-bond donors (Lipinski definition) is 0. The van der Waals surface area contributed by atoms with E-state index in [4.69, 9.17) is 0 Å². The Hall–Kier alpha value is -2.62. The fourth-order valence-corrected chi connectivity index (χ4v) is 3.55. The average molecular weight is 350 g/mol. The average Bonchev–Trinajstić information content (AvgIpc) is 2.69. The maximum absolute atomic E-state index is 13.0. The number of amides is 2. The molecule has 1 aliphatic rings. The Bertz CT molecular complexity index is 773. The van der Waals surface area contributed by atoms with Crippen molar-refractivity contribution in [3.8, 4) is 0 Å². The van der Waals surface area contributed by atoms with Crippen molar-refractivity contribution in [3.63, 3.8) is 0 Å². The van der Waals surface area contributed by atoms with Crippen molar-refractivity contribution in [1.29, 1.82) is 0 Å². The van der Waals surface area contributed by atoms with E-state index in [1.165, 1.54) is 6.42 Å². The Balaban J connectivity index is 1.82. The summed E-state index contributed by atoms with van der Waals surface area (Å²) in [7, 11) is 0. The van der Waals surface area contributed by atoms with Gasteiger partial charge in [-0.1, -0.05) is 31.2 Å². The third-order valence-corrected chi connectivity index (χ3v) is 4.93. The van der Waals surface area contributed by atoms with Crippen LogP contribution in [-0.2, 0) is 0 Å². The molecule has 0 aromatic heterocycles. The lowest BCUT2D eigenvalue weighted by Gasteiger charge is -2.31. The monoisotopic (exact) mass is 350 g/mol. The first-order valence-corrected chi connectivity index (χ1v) is 9.36. The summed E-state index contributed by atoms with van der Waals surface area (Å²) in [6, 6.07) is 16.7. The summed E-state index contributed by atoms with van der Waals surface area (Å²) in [6.45, 7) is 6.30. The van der Waals surface area contributed by atoms with Crippen LogP contribution in [0, 0.1) is 5.92 Å². The second kappa shape index (κ2) is 8.17. The number of nitrogens with zero attached hydrogens (tertiary/aromatic N) is 2. The highest BCUT2D eigenvalue weighted by atomic mass is 16.2. The number of anilines is 1. The fourth-order valence-electron chi connectivity index (χ4n) is 3.55. The molecule has 0 N–H and O–H groups in total. The van der Waals surface area contributed by atoms with E-state index in [0.29, 0.717) is 23.6 Å². The van der Waals surface area contributed by atoms with Crippen molar-refractivity contribution in [1.82, 2.24) is 4.90 Å². The standard InChI is InChI=1S/C22H26N2O2/c1-3-24(20-12-5-4-6-13-20)22(26)19-11-7-10-18(15-19)21(25)23-14-8-9-17(2)16-23/h4-7,10-13,15,17H,3,8-9,14,16H2,1-2H3. The van der Waals surface area contributed by atoms with Gasteiger partial charge in [-0.2, -0.15) is 0 Å². The number of likely N-dealkylation sites (tertiary alicyclic amines) is 1. The minimum absolute atomic E-state index is 0.0222. The quantitative estimate of drug-likeness (QED) is 0.828. The topological polar surface area (TPSA) is 40.6 Å². The highest BCUT2D eigenvalue weighted by Gasteiger charge is 2.23. The molecule has 2 amide bonds. The van der Waals surface area contributed by atoms with Crippen molar-refractivity contribution in [2.45, 2.75) is 26.7 Å². The third-order valence-electron chi connectivity index (χ3n) is 4.93. The van der Waals surface area contributed by atoms with Gasteiger partial charge in [0.15, 0.2) is 0 Å². The second-order valence-electron chi connectivity index (χ2n) is 6.96. The molecule has 0 saturated carbocycles. The van der Waals surface area contributed by atoms with Crippen LogP contribution < -0.4 is 4.90 Å². The van der Waals surface area contributed by atoms with E-state index in [1.54, 1.807) is 29.2 Å². The van der Waals surface area contributed by atoms with Crippen molar-refractivity contribution in [3.05, 3.63) is 65.7 Å². The number of rotatable bonds is 4. The molecular weight excluding hydrogens is 324 g/mol. The van der Waals surface area contributed by atoms with Gasteiger partial charge in [0, 0.05) is 36.4 Å². The zero-order valence-electron chi connectivity index (χ0n) is 15.5. The Kier molecular flexibility index (Phi) is 5.71. The Morgan fingerprint density at radius 2 is 1.81 bits per heavy atom. The third kappa shape index (κ3) is 3.96. The van der Waals surface area contributed by atoms with E-state index < -0.39 is 0 Å². The molecule has 1 unspecified atom stereocenters. The van der Waals surface area contributed by atoms with E-state index in [2.05, 4.69) is 6.92 Å². The van der Waals surface area contributed by atoms with E-state index in [0.717, 1.165) is 25.2 Å². The van der Waals surface area contributed by atoms with E-state index >= 15 is 0 Å². The van der Waals surface area contributed by atoms with Crippen LogP contribution in [0.15, 0.2) is 54.6 Å². The van der Waals surface area contributed by atoms with Crippen molar-refractivity contribution >= 4 is 17.5 Å². The summed E-state index contributed by atoms with van der Waals surface area (Å²) < 4.78 is 0. The van der Waals surface area contributed by atoms with Crippen molar-refractivity contribution in [2.75, 3.05) is 24.5 Å². The number of carbonyl (C=O) groups excluding carboxylic acids is 2. The zero-order valence-corrected chi connectivity index (χ0v) is 15.5. The molecule has 1 fully saturated rings. The molecule has 26 heavy (non-hydrogen) atoms. The molecule has 1 saturated heterocycles. The summed E-state index contributed by atoms with van der Waals surface area (Å²) in [5.41, 5.74) is 2.00. The van der Waals surface area contributed by atoms with Crippen LogP contribution in [0.1, 0.15) is 47.4 Å². The predicted octanol–water partition coefficient (Wildman–Crippen LogP) is 4.23. The first kappa shape index (κ1) is 18.2. The smallest absolute Gasteiger partial charge is 0.258 e. The molecule has 4 nitrogen and oxygen atoms in total. The molecule has 0 aliphatic carbocycles. The van der Waals surface area contributed by atoms with Crippen LogP contribution in [0.2, 0.25) is 0 Å². The van der Waals surface area contributed by atoms with Gasteiger partial charge >= 0.3 is 0 Å². The van der Waals surface area contributed by atoms with Crippen molar-refractivity contribution in [2.24, 2.45) is 5.92 Å². The van der Waals surface area contributed by atoms with Gasteiger partial charge in [0.2, 0.25) is 0 Å². The highest BCUT2D eigenvalue weighted by molar-refractivity contribution is 6.07. The van der Waals surface area contributed by atoms with Crippen LogP contribution in [0.3, 0.4) is 0 Å². The molecule has 4 heteroatoms. The summed E-state index contributed by atoms with van der Waals surface area (Å²) >= 11 is 0. The van der Waals surface area contributed by atoms with Gasteiger partial charge in [0.25, 0.3) is 11.8 Å². The normalized spacial score (nSPS) is 17.0. The molecule has 3 rings (SSSR count). The predicted molar refractivity (Wildman–Crippen MR) is 105 cm³/mol. The molecule has 1 heterocycles. The van der Waals surface area contributed by atoms with E-state index in [9.17, 15) is 9.59 Å². The SMILES string of the molecule is CCN(C(=O)c1cccc(C(=O)N2CCCC(C)C2)c1)c1ccccc1. The summed E-state index contributed by atoms with van der Waals surface area (Å²) in [5, 5.41) is 0. The second-order valence-corrected chi connectivity index (χ2v) is 6.96. The Labute approximate surface area is 155 Å². The number of hydrogen-bond acceptors (Lipinski definition) is 2. The minimum Gasteiger partial charge on any atom is -0.338 e. The number of piperidine rings is 1. The number of para-hydroxylation sites is 1. The van der Waals surface area contributed by atoms with E-state index in [-0.39, 0.29) is 11.8 Å². The first-order valence-electron chi connectivity index (χ1n) is 9.36. The van der Waals surface area contributed by atoms with Gasteiger partial charge in [-0.25, -0.2) is 0 Å². The maximum Gasteiger partial charge on any atom is 0.258 e. The Morgan fingerprint density at radius 1 is 1.08 bits per heavy atom. The van der Waals surface area contributed by atoms with Gasteiger partial charge in [-0.15, -0.1) is 0 Å². The zero-order chi connectivity index (χ0) is 18.5. The minimum atomic E-state index is -0.0830. The largest absolute Gasteiger partial charge is 0.338 e. The number of benzene rings is 2. The molecule has 1 atom stereocenters. The van der Waals surface area contributed by atoms with Crippen LogP contribution in [0.4, 0.5) is 5.69 Å². The van der Waals surface area contributed by atoms with Crippen LogP contribution >= 0.6 is 0 Å². The number of carbonyl (C=O) groups is 2. The van der Waals surface area contributed by atoms with Gasteiger partial charge in [0.1, 0.15) is 0 Å². The van der Waals surface area contributed by atoms with Crippen LogP contribution in [0.25, 0.3) is 0 Å². The Morgan fingerprint density at radius 3 is 2.50 bits per heavy atom. The van der Waals surface area contributed by atoms with Gasteiger partial charge < -0.3 is 9.80 Å². The maximum atomic E-state index is 13.0. The van der Waals surface area contributed by atoms with E-state index in [1.807, 2.05) is 42.2 Å². The molecular formula is C22H26N2O2. The molecule has 136 valence electrons. The summed E-state index contributed by atoms with van der Waals surface area (Å²) in [6.07, 6.45) is 2.22. The summed E-state index contributed by atoms with van der Waals surface area (Å²) in [4.78, 5) is 29.4. The summed E-state index contributed by atoms with van der Waals surface area (Å²) in [5.74, 6) is 0.473. The first-order chi connectivity index (χ1) is 12.6. The van der Waals surface area contributed by atoms with Gasteiger partial charge in [0.05, 0.1) is 0 Å². The molecule has 0 radical (unpaired) electrons. The van der Waals surface area contributed by atoms with Crippen LogP contribution in [-0.4, -0.2) is 36.3 Å².